The zero-order valence-corrected chi connectivity index (χ0v) is 13.8. The van der Waals surface area contributed by atoms with E-state index in [1.807, 2.05) is 18.2 Å². The van der Waals surface area contributed by atoms with Crippen molar-refractivity contribution >= 4 is 27.5 Å². The molecule has 0 aliphatic heterocycles. The number of rotatable bonds is 5. The van der Waals surface area contributed by atoms with E-state index < -0.39 is 0 Å². The second-order valence-electron chi connectivity index (χ2n) is 4.62. The summed E-state index contributed by atoms with van der Waals surface area (Å²) in [7, 11) is 1.62. The first-order valence-electron chi connectivity index (χ1n) is 6.41. The molecule has 2 aromatic rings. The quantitative estimate of drug-likeness (QED) is 0.819. The number of methoxy groups -OCH3 is 1. The Morgan fingerprint density at radius 3 is 2.50 bits per heavy atom. The predicted octanol–water partition coefficient (Wildman–Crippen LogP) is 4.96. The maximum absolute atomic E-state index is 6.12. The fraction of sp³-hybridized carbons (Fsp3) is 0.250. The Labute approximate surface area is 133 Å². The van der Waals surface area contributed by atoms with E-state index in [1.165, 1.54) is 5.56 Å². The predicted molar refractivity (Wildman–Crippen MR) is 87.4 cm³/mol. The maximum Gasteiger partial charge on any atom is 0.137 e. The van der Waals surface area contributed by atoms with Gasteiger partial charge in [-0.25, -0.2) is 0 Å². The van der Waals surface area contributed by atoms with E-state index in [-0.39, 0.29) is 6.04 Å². The van der Waals surface area contributed by atoms with Gasteiger partial charge in [0.1, 0.15) is 5.75 Å². The topological polar surface area (TPSA) is 21.3 Å². The van der Waals surface area contributed by atoms with Gasteiger partial charge in [0.2, 0.25) is 0 Å². The second-order valence-corrected chi connectivity index (χ2v) is 5.95. The highest BCUT2D eigenvalue weighted by Gasteiger charge is 2.06. The van der Waals surface area contributed by atoms with Gasteiger partial charge in [0.05, 0.1) is 12.1 Å². The molecule has 0 heterocycles. The number of hydrogen-bond donors (Lipinski definition) is 1. The molecular formula is C16H17BrClNO. The highest BCUT2D eigenvalue weighted by Crippen LogP contribution is 2.25. The van der Waals surface area contributed by atoms with Gasteiger partial charge < -0.3 is 10.1 Å². The van der Waals surface area contributed by atoms with Crippen LogP contribution in [-0.4, -0.2) is 7.11 Å². The minimum absolute atomic E-state index is 0.281. The summed E-state index contributed by atoms with van der Waals surface area (Å²) in [6.07, 6.45) is 0. The zero-order valence-electron chi connectivity index (χ0n) is 11.5. The Morgan fingerprint density at radius 1 is 1.20 bits per heavy atom. The van der Waals surface area contributed by atoms with Gasteiger partial charge in [-0.3, -0.25) is 0 Å². The molecule has 0 aliphatic rings. The lowest BCUT2D eigenvalue weighted by atomic mass is 10.1. The van der Waals surface area contributed by atoms with Gasteiger partial charge in [0, 0.05) is 17.1 Å². The van der Waals surface area contributed by atoms with Crippen LogP contribution in [0.3, 0.4) is 0 Å². The minimum atomic E-state index is 0.281. The number of benzene rings is 2. The monoisotopic (exact) mass is 353 g/mol. The molecule has 0 saturated heterocycles. The van der Waals surface area contributed by atoms with Crippen LogP contribution in [0, 0.1) is 0 Å². The molecule has 0 unspecified atom stereocenters. The number of ether oxygens (including phenoxy) is 1. The number of halogens is 2. The fourth-order valence-electron chi connectivity index (χ4n) is 1.96. The molecule has 0 spiro atoms. The van der Waals surface area contributed by atoms with Crippen LogP contribution in [0.1, 0.15) is 24.1 Å². The number of nitrogens with one attached hydrogen (secondary N) is 1. The SMILES string of the molecule is COc1ccc(CN[C@@H](C)c2ccc(Br)cc2)cc1Cl. The first-order chi connectivity index (χ1) is 9.60. The molecule has 2 nitrogen and oxygen atoms in total. The van der Waals surface area contributed by atoms with Crippen LogP contribution in [-0.2, 0) is 6.54 Å². The maximum atomic E-state index is 6.12. The van der Waals surface area contributed by atoms with Gasteiger partial charge in [-0.2, -0.15) is 0 Å². The highest BCUT2D eigenvalue weighted by atomic mass is 79.9. The van der Waals surface area contributed by atoms with Gasteiger partial charge in [0.15, 0.2) is 0 Å². The van der Waals surface area contributed by atoms with Crippen molar-refractivity contribution < 1.29 is 4.74 Å². The fourth-order valence-corrected chi connectivity index (χ4v) is 2.50. The molecule has 2 aromatic carbocycles. The Bertz CT molecular complexity index is 571. The third-order valence-corrected chi connectivity index (χ3v) is 4.02. The molecule has 0 radical (unpaired) electrons. The highest BCUT2D eigenvalue weighted by molar-refractivity contribution is 9.10. The molecule has 106 valence electrons. The van der Waals surface area contributed by atoms with E-state index in [1.54, 1.807) is 7.11 Å². The summed E-state index contributed by atoms with van der Waals surface area (Å²) in [5.74, 6) is 0.705. The van der Waals surface area contributed by atoms with Crippen molar-refractivity contribution in [2.45, 2.75) is 19.5 Å². The lowest BCUT2D eigenvalue weighted by Gasteiger charge is -2.15. The van der Waals surface area contributed by atoms with Crippen LogP contribution in [0.2, 0.25) is 5.02 Å². The van der Waals surface area contributed by atoms with E-state index in [0.29, 0.717) is 10.8 Å². The Morgan fingerprint density at radius 2 is 1.90 bits per heavy atom. The summed E-state index contributed by atoms with van der Waals surface area (Å²) in [6.45, 7) is 2.91. The Hall–Kier alpha value is -1.03. The van der Waals surface area contributed by atoms with Crippen LogP contribution < -0.4 is 10.1 Å². The molecule has 0 bridgehead atoms. The average Bonchev–Trinajstić information content (AvgIpc) is 2.45. The molecular weight excluding hydrogens is 338 g/mol. The largest absolute Gasteiger partial charge is 0.495 e. The third kappa shape index (κ3) is 3.98. The smallest absolute Gasteiger partial charge is 0.137 e. The number of hydrogen-bond acceptors (Lipinski definition) is 2. The van der Waals surface area contributed by atoms with Crippen LogP contribution >= 0.6 is 27.5 Å². The molecule has 20 heavy (non-hydrogen) atoms. The second kappa shape index (κ2) is 7.11. The zero-order chi connectivity index (χ0) is 14.5. The van der Waals surface area contributed by atoms with Crippen molar-refractivity contribution in [1.82, 2.24) is 5.32 Å². The van der Waals surface area contributed by atoms with Crippen LogP contribution in [0.4, 0.5) is 0 Å². The van der Waals surface area contributed by atoms with Crippen molar-refractivity contribution in [3.8, 4) is 5.75 Å². The van der Waals surface area contributed by atoms with E-state index in [9.17, 15) is 0 Å². The van der Waals surface area contributed by atoms with E-state index in [4.69, 9.17) is 16.3 Å². The molecule has 0 saturated carbocycles. The molecule has 0 amide bonds. The van der Waals surface area contributed by atoms with Gasteiger partial charge in [-0.15, -0.1) is 0 Å². The van der Waals surface area contributed by atoms with Crippen molar-refractivity contribution in [3.05, 3.63) is 63.1 Å². The lowest BCUT2D eigenvalue weighted by Crippen LogP contribution is -2.18. The van der Waals surface area contributed by atoms with E-state index in [2.05, 4.69) is 52.4 Å². The van der Waals surface area contributed by atoms with Crippen molar-refractivity contribution in [2.24, 2.45) is 0 Å². The van der Waals surface area contributed by atoms with Gasteiger partial charge in [-0.1, -0.05) is 45.7 Å². The minimum Gasteiger partial charge on any atom is -0.495 e. The molecule has 0 aliphatic carbocycles. The van der Waals surface area contributed by atoms with Crippen LogP contribution in [0.25, 0.3) is 0 Å². The van der Waals surface area contributed by atoms with Crippen molar-refractivity contribution in [2.75, 3.05) is 7.11 Å². The van der Waals surface area contributed by atoms with Crippen molar-refractivity contribution in [1.29, 1.82) is 0 Å². The summed E-state index contributed by atoms with van der Waals surface area (Å²) in [5, 5.41) is 4.13. The summed E-state index contributed by atoms with van der Waals surface area (Å²) in [4.78, 5) is 0. The molecule has 1 atom stereocenters. The van der Waals surface area contributed by atoms with Crippen molar-refractivity contribution in [3.63, 3.8) is 0 Å². The summed E-state index contributed by atoms with van der Waals surface area (Å²) >= 11 is 9.57. The summed E-state index contributed by atoms with van der Waals surface area (Å²) in [5.41, 5.74) is 2.40. The van der Waals surface area contributed by atoms with E-state index in [0.717, 1.165) is 16.6 Å². The average molecular weight is 355 g/mol. The van der Waals surface area contributed by atoms with Crippen LogP contribution in [0.15, 0.2) is 46.9 Å². The van der Waals surface area contributed by atoms with Crippen LogP contribution in [0.5, 0.6) is 5.75 Å². The summed E-state index contributed by atoms with van der Waals surface area (Å²) in [6, 6.07) is 14.5. The van der Waals surface area contributed by atoms with Gasteiger partial charge >= 0.3 is 0 Å². The molecule has 2 rings (SSSR count). The van der Waals surface area contributed by atoms with E-state index >= 15 is 0 Å². The Kier molecular flexibility index (Phi) is 5.46. The summed E-state index contributed by atoms with van der Waals surface area (Å²) < 4.78 is 6.24. The molecule has 1 N–H and O–H groups in total. The standard InChI is InChI=1S/C16H17BrClNO/c1-11(13-4-6-14(17)7-5-13)19-10-12-3-8-16(20-2)15(18)9-12/h3-9,11,19H,10H2,1-2H3/t11-/m0/s1. The first kappa shape index (κ1) is 15.4. The van der Waals surface area contributed by atoms with Gasteiger partial charge in [-0.05, 0) is 42.3 Å². The molecule has 0 aromatic heterocycles. The molecule has 4 heteroatoms. The molecule has 0 fully saturated rings. The van der Waals surface area contributed by atoms with Gasteiger partial charge in [0.25, 0.3) is 0 Å². The normalized spacial score (nSPS) is 12.2. The lowest BCUT2D eigenvalue weighted by molar-refractivity contribution is 0.414. The Balaban J connectivity index is 1.97. The third-order valence-electron chi connectivity index (χ3n) is 3.20. The first-order valence-corrected chi connectivity index (χ1v) is 7.58.